The van der Waals surface area contributed by atoms with Crippen molar-refractivity contribution in [1.82, 2.24) is 0 Å². The number of nitrogens with two attached hydrogens (primary N) is 2. The molecule has 25 heavy (non-hydrogen) atoms. The summed E-state index contributed by atoms with van der Waals surface area (Å²) in [5, 5.41) is 21.6. The summed E-state index contributed by atoms with van der Waals surface area (Å²) in [4.78, 5) is 20.4. The lowest BCUT2D eigenvalue weighted by atomic mass is 10.2. The summed E-state index contributed by atoms with van der Waals surface area (Å²) < 4.78 is 10.8. The molecule has 0 aliphatic carbocycles. The Morgan fingerprint density at radius 3 is 1.56 bits per heavy atom. The van der Waals surface area contributed by atoms with Crippen LogP contribution in [0.1, 0.15) is 6.42 Å². The lowest BCUT2D eigenvalue weighted by Crippen LogP contribution is -2.08. The summed E-state index contributed by atoms with van der Waals surface area (Å²) in [7, 11) is 0. The van der Waals surface area contributed by atoms with Crippen molar-refractivity contribution in [2.24, 2.45) is 0 Å². The minimum absolute atomic E-state index is 0.0450. The quantitative estimate of drug-likeness (QED) is 0.319. The highest BCUT2D eigenvalue weighted by Gasteiger charge is 2.16. The second-order valence-electron chi connectivity index (χ2n) is 4.94. The van der Waals surface area contributed by atoms with Gasteiger partial charge in [-0.3, -0.25) is 20.2 Å². The molecule has 0 aliphatic heterocycles. The predicted molar refractivity (Wildman–Crippen MR) is 90.6 cm³/mol. The van der Waals surface area contributed by atoms with Crippen LogP contribution in [0.15, 0.2) is 36.4 Å². The molecular formula is C15H16N4O6. The van der Waals surface area contributed by atoms with Crippen LogP contribution >= 0.6 is 0 Å². The fourth-order valence-electron chi connectivity index (χ4n) is 2.06. The molecule has 0 saturated heterocycles. The van der Waals surface area contributed by atoms with Crippen molar-refractivity contribution >= 4 is 22.7 Å². The Morgan fingerprint density at radius 2 is 1.20 bits per heavy atom. The normalized spacial score (nSPS) is 10.2. The van der Waals surface area contributed by atoms with Crippen LogP contribution in [-0.4, -0.2) is 23.1 Å². The van der Waals surface area contributed by atoms with Gasteiger partial charge in [-0.05, 0) is 12.1 Å². The van der Waals surface area contributed by atoms with E-state index in [1.807, 2.05) is 0 Å². The highest BCUT2D eigenvalue weighted by Crippen LogP contribution is 2.32. The molecule has 2 aromatic rings. The van der Waals surface area contributed by atoms with E-state index >= 15 is 0 Å². The van der Waals surface area contributed by atoms with Crippen LogP contribution in [0, 0.1) is 20.2 Å². The molecule has 0 amide bonds. The highest BCUT2D eigenvalue weighted by molar-refractivity contribution is 5.67. The van der Waals surface area contributed by atoms with Crippen molar-refractivity contribution in [3.8, 4) is 11.5 Å². The van der Waals surface area contributed by atoms with E-state index in [0.29, 0.717) is 6.42 Å². The Kier molecular flexibility index (Phi) is 5.56. The molecule has 0 aliphatic rings. The van der Waals surface area contributed by atoms with Gasteiger partial charge in [-0.1, -0.05) is 12.1 Å². The smallest absolute Gasteiger partial charge is 0.295 e. The molecule has 0 fully saturated rings. The third-order valence-corrected chi connectivity index (χ3v) is 3.28. The molecule has 0 saturated carbocycles. The third kappa shape index (κ3) is 4.25. The monoisotopic (exact) mass is 348 g/mol. The largest absolute Gasteiger partial charge is 0.491 e. The van der Waals surface area contributed by atoms with Gasteiger partial charge in [0, 0.05) is 18.6 Å². The van der Waals surface area contributed by atoms with Gasteiger partial charge >= 0.3 is 0 Å². The van der Waals surface area contributed by atoms with Crippen LogP contribution in [0.4, 0.5) is 22.7 Å². The first kappa shape index (κ1) is 17.8. The third-order valence-electron chi connectivity index (χ3n) is 3.28. The van der Waals surface area contributed by atoms with Crippen LogP contribution in [0.25, 0.3) is 0 Å². The van der Waals surface area contributed by atoms with E-state index < -0.39 is 9.85 Å². The van der Waals surface area contributed by atoms with E-state index in [0.717, 1.165) is 0 Å². The highest BCUT2D eigenvalue weighted by atomic mass is 16.6. The molecule has 132 valence electrons. The molecule has 0 unspecified atom stereocenters. The molecular weight excluding hydrogens is 332 g/mol. The van der Waals surface area contributed by atoms with Crippen LogP contribution < -0.4 is 20.9 Å². The van der Waals surface area contributed by atoms with E-state index in [9.17, 15) is 20.2 Å². The number of benzene rings is 2. The summed E-state index contributed by atoms with van der Waals surface area (Å²) in [6.45, 7) is 0.389. The number of nitrogens with zero attached hydrogens (tertiary/aromatic N) is 2. The molecule has 0 radical (unpaired) electrons. The van der Waals surface area contributed by atoms with Gasteiger partial charge in [0.25, 0.3) is 11.4 Å². The first-order valence-corrected chi connectivity index (χ1v) is 7.23. The fourth-order valence-corrected chi connectivity index (χ4v) is 2.06. The molecule has 0 aromatic heterocycles. The Labute approximate surface area is 142 Å². The Morgan fingerprint density at radius 1 is 0.800 bits per heavy atom. The number of hydrogen-bond acceptors (Lipinski definition) is 8. The Hall–Kier alpha value is -3.56. The maximum atomic E-state index is 10.8. The van der Waals surface area contributed by atoms with Gasteiger partial charge < -0.3 is 20.9 Å². The lowest BCUT2D eigenvalue weighted by Gasteiger charge is -2.11. The maximum Gasteiger partial charge on any atom is 0.295 e. The number of anilines is 2. The zero-order chi connectivity index (χ0) is 18.4. The molecule has 0 atom stereocenters. The van der Waals surface area contributed by atoms with Gasteiger partial charge in [-0.15, -0.1) is 0 Å². The number of nitrogen functional groups attached to an aromatic ring is 2. The maximum absolute atomic E-state index is 10.8. The van der Waals surface area contributed by atoms with Crippen molar-refractivity contribution in [3.63, 3.8) is 0 Å². The van der Waals surface area contributed by atoms with Crippen molar-refractivity contribution < 1.29 is 19.3 Å². The molecule has 0 heterocycles. The number of hydrogen-bond donors (Lipinski definition) is 2. The zero-order valence-electron chi connectivity index (χ0n) is 13.1. The van der Waals surface area contributed by atoms with Crippen LogP contribution in [0.5, 0.6) is 11.5 Å². The number of nitro groups is 2. The van der Waals surface area contributed by atoms with Crippen molar-refractivity contribution in [3.05, 3.63) is 56.6 Å². The number of para-hydroxylation sites is 2. The molecule has 0 bridgehead atoms. The lowest BCUT2D eigenvalue weighted by molar-refractivity contribution is -0.384. The van der Waals surface area contributed by atoms with E-state index in [1.165, 1.54) is 36.4 Å². The number of nitro benzene ring substituents is 2. The Balaban J connectivity index is 1.87. The van der Waals surface area contributed by atoms with E-state index in [1.54, 1.807) is 0 Å². The van der Waals surface area contributed by atoms with Crippen LogP contribution in [0.2, 0.25) is 0 Å². The first-order valence-electron chi connectivity index (χ1n) is 7.23. The molecule has 10 nitrogen and oxygen atoms in total. The standard InChI is InChI=1S/C15H16N4O6/c16-14-10(18(20)21)4-1-6-12(14)24-8-3-9-25-13-7-2-5-11(15(13)17)19(22)23/h1-2,4-7H,3,8-9,16-17H2. The van der Waals surface area contributed by atoms with E-state index in [4.69, 9.17) is 20.9 Å². The summed E-state index contributed by atoms with van der Waals surface area (Å²) in [6.07, 6.45) is 0.421. The van der Waals surface area contributed by atoms with Crippen molar-refractivity contribution in [2.45, 2.75) is 6.42 Å². The summed E-state index contributed by atoms with van der Waals surface area (Å²) in [6, 6.07) is 8.59. The minimum Gasteiger partial charge on any atom is -0.491 e. The number of rotatable bonds is 8. The second kappa shape index (κ2) is 7.81. The van der Waals surface area contributed by atoms with Gasteiger partial charge in [0.2, 0.25) is 0 Å². The molecule has 2 aromatic carbocycles. The molecule has 0 spiro atoms. The summed E-state index contributed by atoms with van der Waals surface area (Å²) in [5.74, 6) is 0.424. The van der Waals surface area contributed by atoms with Crippen molar-refractivity contribution in [2.75, 3.05) is 24.7 Å². The first-order chi connectivity index (χ1) is 11.9. The summed E-state index contributed by atoms with van der Waals surface area (Å²) in [5.41, 5.74) is 10.8. The van der Waals surface area contributed by atoms with Crippen molar-refractivity contribution in [1.29, 1.82) is 0 Å². The molecule has 2 rings (SSSR count). The zero-order valence-corrected chi connectivity index (χ0v) is 13.1. The van der Waals surface area contributed by atoms with Gasteiger partial charge in [-0.25, -0.2) is 0 Å². The Bertz CT molecular complexity index is 730. The average molecular weight is 348 g/mol. The van der Waals surface area contributed by atoms with Crippen LogP contribution in [-0.2, 0) is 0 Å². The minimum atomic E-state index is -0.587. The van der Waals surface area contributed by atoms with Gasteiger partial charge in [0.1, 0.15) is 11.5 Å². The summed E-state index contributed by atoms with van der Waals surface area (Å²) >= 11 is 0. The second-order valence-corrected chi connectivity index (χ2v) is 4.94. The number of ether oxygens (including phenoxy) is 2. The molecule has 4 N–H and O–H groups in total. The van der Waals surface area contributed by atoms with Gasteiger partial charge in [0.05, 0.1) is 23.1 Å². The predicted octanol–water partition coefficient (Wildman–Crippen LogP) is 2.52. The van der Waals surface area contributed by atoms with Gasteiger partial charge in [-0.2, -0.15) is 0 Å². The van der Waals surface area contributed by atoms with E-state index in [2.05, 4.69) is 0 Å². The topological polar surface area (TPSA) is 157 Å². The van der Waals surface area contributed by atoms with E-state index in [-0.39, 0.29) is 47.5 Å². The molecule has 10 heteroatoms. The average Bonchev–Trinajstić information content (AvgIpc) is 2.56. The van der Waals surface area contributed by atoms with Crippen LogP contribution in [0.3, 0.4) is 0 Å². The SMILES string of the molecule is Nc1c(OCCCOc2cccc([N+](=O)[O-])c2N)cccc1[N+](=O)[O-]. The fraction of sp³-hybridized carbons (Fsp3) is 0.200. The van der Waals surface area contributed by atoms with Gasteiger partial charge in [0.15, 0.2) is 11.4 Å².